The molecule has 2 aromatic rings. The van der Waals surface area contributed by atoms with Crippen LogP contribution in [0.3, 0.4) is 0 Å². The maximum absolute atomic E-state index is 12.4. The van der Waals surface area contributed by atoms with Gasteiger partial charge in [0.1, 0.15) is 0 Å². The van der Waals surface area contributed by atoms with Gasteiger partial charge in [0.25, 0.3) is 5.91 Å². The predicted molar refractivity (Wildman–Crippen MR) is 94.1 cm³/mol. The third kappa shape index (κ3) is 4.64. The minimum absolute atomic E-state index is 0.0733. The van der Waals surface area contributed by atoms with Crippen molar-refractivity contribution in [3.8, 4) is 0 Å². The Bertz CT molecular complexity index is 665. The van der Waals surface area contributed by atoms with Gasteiger partial charge in [0, 0.05) is 57.9 Å². The first-order chi connectivity index (χ1) is 12.3. The Morgan fingerprint density at radius 3 is 2.88 bits per heavy atom. The Balaban J connectivity index is 1.45. The van der Waals surface area contributed by atoms with Crippen molar-refractivity contribution in [2.75, 3.05) is 26.8 Å². The lowest BCUT2D eigenvalue weighted by molar-refractivity contribution is 0.0704. The van der Waals surface area contributed by atoms with Crippen molar-refractivity contribution in [3.05, 3.63) is 48.3 Å². The van der Waals surface area contributed by atoms with Gasteiger partial charge >= 0.3 is 0 Å². The first kappa shape index (κ1) is 17.6. The van der Waals surface area contributed by atoms with Crippen molar-refractivity contribution in [3.63, 3.8) is 0 Å². The summed E-state index contributed by atoms with van der Waals surface area (Å²) in [5.74, 6) is 0.0733. The number of nitrogens with zero attached hydrogens (tertiary/aromatic N) is 4. The maximum Gasteiger partial charge on any atom is 0.255 e. The molecule has 0 aromatic carbocycles. The molecule has 7 nitrogen and oxygen atoms in total. The van der Waals surface area contributed by atoms with Gasteiger partial charge in [0.2, 0.25) is 0 Å². The minimum Gasteiger partial charge on any atom is -0.383 e. The van der Waals surface area contributed by atoms with Crippen LogP contribution in [0.2, 0.25) is 0 Å². The van der Waals surface area contributed by atoms with Crippen molar-refractivity contribution in [1.29, 1.82) is 0 Å². The zero-order valence-corrected chi connectivity index (χ0v) is 14.6. The molecule has 0 spiro atoms. The van der Waals surface area contributed by atoms with E-state index in [9.17, 15) is 4.79 Å². The van der Waals surface area contributed by atoms with Crippen LogP contribution >= 0.6 is 0 Å². The van der Waals surface area contributed by atoms with Gasteiger partial charge in [0.15, 0.2) is 0 Å². The minimum atomic E-state index is 0.0733. The second-order valence-corrected chi connectivity index (χ2v) is 6.26. The highest BCUT2D eigenvalue weighted by atomic mass is 16.5. The number of amides is 1. The van der Waals surface area contributed by atoms with Crippen LogP contribution in [0, 0.1) is 0 Å². The maximum atomic E-state index is 12.4. The van der Waals surface area contributed by atoms with Gasteiger partial charge in [-0.05, 0) is 25.0 Å². The lowest BCUT2D eigenvalue weighted by Gasteiger charge is -2.32. The number of ether oxygens (including phenoxy) is 1. The Hall–Kier alpha value is -2.25. The van der Waals surface area contributed by atoms with E-state index in [1.165, 1.54) is 0 Å². The van der Waals surface area contributed by atoms with Crippen LogP contribution in [0.4, 0.5) is 0 Å². The molecule has 1 amide bonds. The van der Waals surface area contributed by atoms with Gasteiger partial charge < -0.3 is 19.5 Å². The second-order valence-electron chi connectivity index (χ2n) is 6.26. The molecule has 0 unspecified atom stereocenters. The molecule has 1 saturated heterocycles. The predicted octanol–water partition coefficient (Wildman–Crippen LogP) is 1.32. The summed E-state index contributed by atoms with van der Waals surface area (Å²) in [5.41, 5.74) is 1.82. The highest BCUT2D eigenvalue weighted by Crippen LogP contribution is 2.14. The van der Waals surface area contributed by atoms with Crippen LogP contribution in [0.5, 0.6) is 0 Å². The zero-order chi connectivity index (χ0) is 17.5. The van der Waals surface area contributed by atoms with E-state index in [1.807, 2.05) is 23.5 Å². The SMILES string of the molecule is COCCn1cncc1CNC1CCN(C(=O)c2cccnc2)CC1. The fraction of sp³-hybridized carbons (Fsp3) is 0.500. The number of nitrogens with one attached hydrogen (secondary N) is 1. The summed E-state index contributed by atoms with van der Waals surface area (Å²) >= 11 is 0. The number of carbonyl (C=O) groups excluding carboxylic acids is 1. The number of carbonyl (C=O) groups is 1. The van der Waals surface area contributed by atoms with Crippen LogP contribution < -0.4 is 5.32 Å². The van der Waals surface area contributed by atoms with Crippen LogP contribution in [-0.2, 0) is 17.8 Å². The molecule has 1 N–H and O–H groups in total. The standard InChI is InChI=1S/C18H25N5O2/c1-25-10-9-23-14-20-12-17(23)13-21-16-4-7-22(8-5-16)18(24)15-3-2-6-19-11-15/h2-3,6,11-12,14,16,21H,4-5,7-10,13H2,1H3. The molecule has 0 saturated carbocycles. The summed E-state index contributed by atoms with van der Waals surface area (Å²) in [4.78, 5) is 22.6. The van der Waals surface area contributed by atoms with E-state index in [2.05, 4.69) is 19.9 Å². The van der Waals surface area contributed by atoms with E-state index < -0.39 is 0 Å². The highest BCUT2D eigenvalue weighted by molar-refractivity contribution is 5.93. The Morgan fingerprint density at radius 1 is 1.32 bits per heavy atom. The number of piperidine rings is 1. The van der Waals surface area contributed by atoms with Crippen molar-refractivity contribution in [2.24, 2.45) is 0 Å². The van der Waals surface area contributed by atoms with Gasteiger partial charge in [-0.3, -0.25) is 9.78 Å². The van der Waals surface area contributed by atoms with Gasteiger partial charge in [0.05, 0.1) is 24.2 Å². The van der Waals surface area contributed by atoms with Crippen LogP contribution in [0.25, 0.3) is 0 Å². The zero-order valence-electron chi connectivity index (χ0n) is 14.6. The molecule has 134 valence electrons. The average molecular weight is 343 g/mol. The van der Waals surface area contributed by atoms with Gasteiger partial charge in [-0.25, -0.2) is 4.98 Å². The van der Waals surface area contributed by atoms with Crippen LogP contribution in [-0.4, -0.2) is 58.2 Å². The molecule has 0 atom stereocenters. The second kappa shape index (κ2) is 8.73. The lowest BCUT2D eigenvalue weighted by Crippen LogP contribution is -2.44. The van der Waals surface area contributed by atoms with Gasteiger partial charge in [-0.1, -0.05) is 0 Å². The van der Waals surface area contributed by atoms with E-state index in [0.717, 1.165) is 44.7 Å². The quantitative estimate of drug-likeness (QED) is 0.821. The molecule has 0 aliphatic carbocycles. The largest absolute Gasteiger partial charge is 0.383 e. The molecule has 0 bridgehead atoms. The van der Waals surface area contributed by atoms with Gasteiger partial charge in [-0.15, -0.1) is 0 Å². The Labute approximate surface area is 148 Å². The average Bonchev–Trinajstić information content (AvgIpc) is 3.12. The van der Waals surface area contributed by atoms with E-state index >= 15 is 0 Å². The molecule has 1 aliphatic heterocycles. The number of hydrogen-bond acceptors (Lipinski definition) is 5. The van der Waals surface area contributed by atoms with Crippen molar-refractivity contribution >= 4 is 5.91 Å². The first-order valence-electron chi connectivity index (χ1n) is 8.68. The number of methoxy groups -OCH3 is 1. The van der Waals surface area contributed by atoms with Crippen molar-refractivity contribution in [2.45, 2.75) is 32.0 Å². The summed E-state index contributed by atoms with van der Waals surface area (Å²) in [6.45, 7) is 3.82. The molecule has 0 radical (unpaired) electrons. The number of imidazole rings is 1. The molecule has 3 rings (SSSR count). The molecule has 2 aromatic heterocycles. The fourth-order valence-corrected chi connectivity index (χ4v) is 3.09. The lowest BCUT2D eigenvalue weighted by atomic mass is 10.0. The van der Waals surface area contributed by atoms with Crippen molar-refractivity contribution < 1.29 is 9.53 Å². The van der Waals surface area contributed by atoms with E-state index in [1.54, 1.807) is 25.6 Å². The first-order valence-corrected chi connectivity index (χ1v) is 8.68. The molecule has 1 aliphatic rings. The third-order valence-corrected chi connectivity index (χ3v) is 4.60. The van der Waals surface area contributed by atoms with Crippen LogP contribution in [0.1, 0.15) is 28.9 Å². The molecule has 1 fully saturated rings. The number of aromatic nitrogens is 3. The normalized spacial score (nSPS) is 15.5. The van der Waals surface area contributed by atoms with E-state index in [-0.39, 0.29) is 5.91 Å². The summed E-state index contributed by atoms with van der Waals surface area (Å²) < 4.78 is 7.23. The fourth-order valence-electron chi connectivity index (χ4n) is 3.09. The number of hydrogen-bond donors (Lipinski definition) is 1. The molecular weight excluding hydrogens is 318 g/mol. The summed E-state index contributed by atoms with van der Waals surface area (Å²) in [5, 5.41) is 3.59. The molecule has 3 heterocycles. The number of pyridine rings is 1. The summed E-state index contributed by atoms with van der Waals surface area (Å²) in [6.07, 6.45) is 8.96. The highest BCUT2D eigenvalue weighted by Gasteiger charge is 2.23. The monoisotopic (exact) mass is 343 g/mol. The molecular formula is C18H25N5O2. The van der Waals surface area contributed by atoms with E-state index in [4.69, 9.17) is 4.74 Å². The smallest absolute Gasteiger partial charge is 0.255 e. The van der Waals surface area contributed by atoms with Crippen LogP contribution in [0.15, 0.2) is 37.1 Å². The third-order valence-electron chi connectivity index (χ3n) is 4.60. The summed E-state index contributed by atoms with van der Waals surface area (Å²) in [7, 11) is 1.70. The molecule has 7 heteroatoms. The summed E-state index contributed by atoms with van der Waals surface area (Å²) in [6, 6.07) is 4.04. The van der Waals surface area contributed by atoms with Crippen molar-refractivity contribution in [1.82, 2.24) is 24.8 Å². The topological polar surface area (TPSA) is 72.3 Å². The molecule has 25 heavy (non-hydrogen) atoms. The van der Waals surface area contributed by atoms with Gasteiger partial charge in [-0.2, -0.15) is 0 Å². The van der Waals surface area contributed by atoms with E-state index in [0.29, 0.717) is 18.2 Å². The number of rotatable bonds is 7. The Kier molecular flexibility index (Phi) is 6.14. The Morgan fingerprint density at radius 2 is 2.16 bits per heavy atom. The number of likely N-dealkylation sites (tertiary alicyclic amines) is 1.